The van der Waals surface area contributed by atoms with Gasteiger partial charge in [0, 0.05) is 15.1 Å². The van der Waals surface area contributed by atoms with Crippen molar-refractivity contribution in [2.45, 2.75) is 4.90 Å². The van der Waals surface area contributed by atoms with Crippen LogP contribution in [0.4, 0.5) is 5.69 Å². The van der Waals surface area contributed by atoms with Crippen LogP contribution < -0.4 is 11.3 Å². The fraction of sp³-hybridized carbons (Fsp3) is 0. The third-order valence-corrected chi connectivity index (χ3v) is 2.48. The van der Waals surface area contributed by atoms with Crippen molar-refractivity contribution in [3.8, 4) is 0 Å². The number of anilines is 1. The summed E-state index contributed by atoms with van der Waals surface area (Å²) >= 11 is 7.49. The SMILES string of the molecule is NNc1ccc(Br)c(S)c1. The van der Waals surface area contributed by atoms with E-state index in [9.17, 15) is 0 Å². The van der Waals surface area contributed by atoms with Crippen molar-refractivity contribution < 1.29 is 0 Å². The maximum Gasteiger partial charge on any atom is 0.0496 e. The van der Waals surface area contributed by atoms with Gasteiger partial charge >= 0.3 is 0 Å². The maximum atomic E-state index is 5.17. The first-order valence-corrected chi connectivity index (χ1v) is 3.93. The molecule has 0 atom stereocenters. The van der Waals surface area contributed by atoms with E-state index in [4.69, 9.17) is 5.84 Å². The molecule has 54 valence electrons. The first-order valence-electron chi connectivity index (χ1n) is 2.69. The van der Waals surface area contributed by atoms with Crippen molar-refractivity contribution in [3.63, 3.8) is 0 Å². The number of hydrazine groups is 1. The van der Waals surface area contributed by atoms with Gasteiger partial charge in [0.2, 0.25) is 0 Å². The van der Waals surface area contributed by atoms with Crippen LogP contribution in [-0.4, -0.2) is 0 Å². The Bertz CT molecular complexity index is 239. The molecule has 1 aromatic rings. The molecule has 0 aliphatic rings. The molecule has 0 spiro atoms. The van der Waals surface area contributed by atoms with Gasteiger partial charge in [0.25, 0.3) is 0 Å². The summed E-state index contributed by atoms with van der Waals surface area (Å²) < 4.78 is 0.967. The molecule has 0 aromatic heterocycles. The molecule has 0 unspecified atom stereocenters. The minimum Gasteiger partial charge on any atom is -0.324 e. The monoisotopic (exact) mass is 218 g/mol. The van der Waals surface area contributed by atoms with Crippen molar-refractivity contribution in [2.24, 2.45) is 5.84 Å². The van der Waals surface area contributed by atoms with Gasteiger partial charge in [-0.2, -0.15) is 0 Å². The number of thiol groups is 1. The molecular formula is C6H7BrN2S. The molecule has 0 aliphatic carbocycles. The summed E-state index contributed by atoms with van der Waals surface area (Å²) in [4.78, 5) is 0.871. The van der Waals surface area contributed by atoms with E-state index < -0.39 is 0 Å². The Balaban J connectivity index is 3.04. The van der Waals surface area contributed by atoms with Crippen molar-refractivity contribution in [1.29, 1.82) is 0 Å². The van der Waals surface area contributed by atoms with Crippen LogP contribution in [0.1, 0.15) is 0 Å². The molecule has 0 bridgehead atoms. The third kappa shape index (κ3) is 1.65. The second-order valence-electron chi connectivity index (χ2n) is 1.81. The fourth-order valence-electron chi connectivity index (χ4n) is 0.602. The molecule has 0 aliphatic heterocycles. The largest absolute Gasteiger partial charge is 0.324 e. The van der Waals surface area contributed by atoms with Gasteiger partial charge in [0.15, 0.2) is 0 Å². The van der Waals surface area contributed by atoms with Crippen molar-refractivity contribution >= 4 is 34.2 Å². The Morgan fingerprint density at radius 2 is 2.20 bits per heavy atom. The first kappa shape index (κ1) is 7.91. The van der Waals surface area contributed by atoms with Crippen LogP contribution >= 0.6 is 28.6 Å². The van der Waals surface area contributed by atoms with Gasteiger partial charge < -0.3 is 5.43 Å². The van der Waals surface area contributed by atoms with Gasteiger partial charge in [-0.05, 0) is 34.1 Å². The van der Waals surface area contributed by atoms with Gasteiger partial charge in [-0.3, -0.25) is 5.84 Å². The normalized spacial score (nSPS) is 9.50. The first-order chi connectivity index (χ1) is 4.74. The second-order valence-corrected chi connectivity index (χ2v) is 3.15. The molecule has 2 nitrogen and oxygen atoms in total. The zero-order valence-electron chi connectivity index (χ0n) is 5.13. The smallest absolute Gasteiger partial charge is 0.0496 e. The third-order valence-electron chi connectivity index (χ3n) is 1.11. The van der Waals surface area contributed by atoms with E-state index in [1.807, 2.05) is 18.2 Å². The molecule has 1 rings (SSSR count). The van der Waals surface area contributed by atoms with Crippen LogP contribution in [0.2, 0.25) is 0 Å². The van der Waals surface area contributed by atoms with Crippen LogP contribution in [0.5, 0.6) is 0 Å². The summed E-state index contributed by atoms with van der Waals surface area (Å²) in [5, 5.41) is 0. The number of rotatable bonds is 1. The van der Waals surface area contributed by atoms with E-state index in [1.54, 1.807) is 0 Å². The molecule has 0 saturated heterocycles. The number of nitrogens with one attached hydrogen (secondary N) is 1. The van der Waals surface area contributed by atoms with Gasteiger partial charge in [0.1, 0.15) is 0 Å². The van der Waals surface area contributed by atoms with Crippen molar-refractivity contribution in [3.05, 3.63) is 22.7 Å². The van der Waals surface area contributed by atoms with E-state index >= 15 is 0 Å². The van der Waals surface area contributed by atoms with E-state index in [-0.39, 0.29) is 0 Å². The second kappa shape index (κ2) is 3.27. The summed E-state index contributed by atoms with van der Waals surface area (Å²) in [6.07, 6.45) is 0. The standard InChI is InChI=1S/C6H7BrN2S/c7-5-2-1-4(9-8)3-6(5)10/h1-3,9-10H,8H2. The summed E-state index contributed by atoms with van der Waals surface area (Å²) in [6.45, 7) is 0. The molecule has 10 heavy (non-hydrogen) atoms. The van der Waals surface area contributed by atoms with Crippen LogP contribution in [0.3, 0.4) is 0 Å². The number of benzene rings is 1. The summed E-state index contributed by atoms with van der Waals surface area (Å²) in [5.74, 6) is 5.17. The van der Waals surface area contributed by atoms with E-state index in [1.165, 1.54) is 0 Å². The highest BCUT2D eigenvalue weighted by molar-refractivity contribution is 9.10. The summed E-state index contributed by atoms with van der Waals surface area (Å²) in [6, 6.07) is 5.59. The fourth-order valence-corrected chi connectivity index (χ4v) is 1.06. The molecule has 0 heterocycles. The van der Waals surface area contributed by atoms with Crippen molar-refractivity contribution in [2.75, 3.05) is 5.43 Å². The van der Waals surface area contributed by atoms with Gasteiger partial charge in [-0.25, -0.2) is 0 Å². The molecule has 0 amide bonds. The minimum atomic E-state index is 0.855. The van der Waals surface area contributed by atoms with Gasteiger partial charge in [-0.15, -0.1) is 12.6 Å². The zero-order chi connectivity index (χ0) is 7.56. The molecular weight excluding hydrogens is 212 g/mol. The lowest BCUT2D eigenvalue weighted by Crippen LogP contribution is -2.06. The molecule has 1 aromatic carbocycles. The summed E-state index contributed by atoms with van der Waals surface area (Å²) in [5.41, 5.74) is 3.38. The van der Waals surface area contributed by atoms with Crippen molar-refractivity contribution in [1.82, 2.24) is 0 Å². The van der Waals surface area contributed by atoms with E-state index in [0.717, 1.165) is 15.1 Å². The Kier molecular flexibility index (Phi) is 2.59. The number of nitrogens with two attached hydrogens (primary N) is 1. The Morgan fingerprint density at radius 1 is 1.50 bits per heavy atom. The lowest BCUT2D eigenvalue weighted by molar-refractivity contribution is 1.31. The molecule has 0 radical (unpaired) electrons. The lowest BCUT2D eigenvalue weighted by atomic mass is 10.3. The molecule has 0 saturated carbocycles. The lowest BCUT2D eigenvalue weighted by Gasteiger charge is -2.00. The topological polar surface area (TPSA) is 38.0 Å². The highest BCUT2D eigenvalue weighted by atomic mass is 79.9. The minimum absolute atomic E-state index is 0.855. The number of halogens is 1. The van der Waals surface area contributed by atoms with Crippen LogP contribution in [-0.2, 0) is 0 Å². The number of nitrogen functional groups attached to an aromatic ring is 1. The number of hydrogen-bond donors (Lipinski definition) is 3. The van der Waals surface area contributed by atoms with Crippen LogP contribution in [0, 0.1) is 0 Å². The maximum absolute atomic E-state index is 5.17. The average molecular weight is 219 g/mol. The molecule has 4 heteroatoms. The predicted octanol–water partition coefficient (Wildman–Crippen LogP) is 2.02. The van der Waals surface area contributed by atoms with E-state index in [2.05, 4.69) is 34.0 Å². The predicted molar refractivity (Wildman–Crippen MR) is 49.2 cm³/mol. The van der Waals surface area contributed by atoms with Gasteiger partial charge in [-0.1, -0.05) is 0 Å². The highest BCUT2D eigenvalue weighted by Gasteiger charge is 1.94. The zero-order valence-corrected chi connectivity index (χ0v) is 7.62. The Hall–Kier alpha value is -0.190. The average Bonchev–Trinajstić information content (AvgIpc) is 1.95. The Labute approximate surface area is 73.3 Å². The highest BCUT2D eigenvalue weighted by Crippen LogP contribution is 2.23. The quantitative estimate of drug-likeness (QED) is 0.384. The Morgan fingerprint density at radius 3 is 2.70 bits per heavy atom. The molecule has 0 fully saturated rings. The summed E-state index contributed by atoms with van der Waals surface area (Å²) in [7, 11) is 0. The van der Waals surface area contributed by atoms with Crippen LogP contribution in [0.15, 0.2) is 27.6 Å². The molecule has 3 N–H and O–H groups in total. The number of hydrogen-bond acceptors (Lipinski definition) is 3. The van der Waals surface area contributed by atoms with Gasteiger partial charge in [0.05, 0.1) is 0 Å². The van der Waals surface area contributed by atoms with Crippen LogP contribution in [0.25, 0.3) is 0 Å². The van der Waals surface area contributed by atoms with E-state index in [0.29, 0.717) is 0 Å².